The second kappa shape index (κ2) is 3.29. The lowest BCUT2D eigenvalue weighted by Crippen LogP contribution is -2.26. The number of carbonyl (C=O) groups excluding carboxylic acids is 1. The van der Waals surface area contributed by atoms with E-state index < -0.39 is 0 Å². The third-order valence-electron chi connectivity index (χ3n) is 3.74. The van der Waals surface area contributed by atoms with Gasteiger partial charge < -0.3 is 9.84 Å². The zero-order valence-corrected chi connectivity index (χ0v) is 7.90. The molecule has 2 aliphatic rings. The quantitative estimate of drug-likeness (QED) is 0.646. The molecule has 0 aliphatic heterocycles. The van der Waals surface area contributed by atoms with Crippen LogP contribution in [0.1, 0.15) is 19.3 Å². The lowest BCUT2D eigenvalue weighted by atomic mass is 9.82. The molecule has 4 unspecified atom stereocenters. The van der Waals surface area contributed by atoms with Crippen molar-refractivity contribution >= 4 is 5.97 Å². The first-order valence-electron chi connectivity index (χ1n) is 4.95. The van der Waals surface area contributed by atoms with E-state index in [4.69, 9.17) is 9.84 Å². The predicted molar refractivity (Wildman–Crippen MR) is 46.9 cm³/mol. The average Bonchev–Trinajstić information content (AvgIpc) is 2.74. The number of ether oxygens (including phenoxy) is 1. The van der Waals surface area contributed by atoms with Crippen LogP contribution >= 0.6 is 0 Å². The van der Waals surface area contributed by atoms with Gasteiger partial charge in [-0.2, -0.15) is 0 Å². The number of rotatable bonds is 2. The van der Waals surface area contributed by atoms with Crippen molar-refractivity contribution in [2.45, 2.75) is 19.3 Å². The molecule has 3 nitrogen and oxygen atoms in total. The Morgan fingerprint density at radius 3 is 2.62 bits per heavy atom. The van der Waals surface area contributed by atoms with Crippen molar-refractivity contribution in [3.8, 4) is 0 Å². The van der Waals surface area contributed by atoms with E-state index in [0.717, 1.165) is 19.3 Å². The number of hydrogen-bond donors (Lipinski definition) is 1. The lowest BCUT2D eigenvalue weighted by Gasteiger charge is -2.24. The summed E-state index contributed by atoms with van der Waals surface area (Å²) in [6, 6.07) is 0. The van der Waals surface area contributed by atoms with Gasteiger partial charge in [0.2, 0.25) is 0 Å². The van der Waals surface area contributed by atoms with Gasteiger partial charge in [-0.15, -0.1) is 0 Å². The SMILES string of the molecule is COC(=O)C1CC2CC1CC2CO. The number of aliphatic hydroxyl groups excluding tert-OH is 1. The normalized spacial score (nSPS) is 42.3. The van der Waals surface area contributed by atoms with Gasteiger partial charge in [-0.05, 0) is 37.0 Å². The molecule has 1 N–H and O–H groups in total. The van der Waals surface area contributed by atoms with Crippen LogP contribution in [0, 0.1) is 23.7 Å². The topological polar surface area (TPSA) is 46.5 Å². The number of hydrogen-bond acceptors (Lipinski definition) is 3. The third kappa shape index (κ3) is 1.35. The van der Waals surface area contributed by atoms with Crippen molar-refractivity contribution in [2.75, 3.05) is 13.7 Å². The molecule has 4 atom stereocenters. The Bertz CT molecular complexity index is 214. The molecule has 3 heteroatoms. The minimum atomic E-state index is -0.0520. The van der Waals surface area contributed by atoms with Crippen molar-refractivity contribution in [1.29, 1.82) is 0 Å². The van der Waals surface area contributed by atoms with Crippen LogP contribution in [-0.4, -0.2) is 24.8 Å². The van der Waals surface area contributed by atoms with Crippen LogP contribution in [0.25, 0.3) is 0 Å². The summed E-state index contributed by atoms with van der Waals surface area (Å²) in [5.41, 5.74) is 0. The summed E-state index contributed by atoms with van der Waals surface area (Å²) in [4.78, 5) is 11.3. The van der Waals surface area contributed by atoms with Gasteiger partial charge in [-0.1, -0.05) is 0 Å². The van der Waals surface area contributed by atoms with Crippen molar-refractivity contribution in [1.82, 2.24) is 0 Å². The molecule has 2 fully saturated rings. The Kier molecular flexibility index (Phi) is 2.28. The Hall–Kier alpha value is -0.570. The van der Waals surface area contributed by atoms with E-state index in [1.54, 1.807) is 0 Å². The summed E-state index contributed by atoms with van der Waals surface area (Å²) in [6.45, 7) is 0.287. The highest BCUT2D eigenvalue weighted by atomic mass is 16.5. The summed E-state index contributed by atoms with van der Waals surface area (Å²) in [7, 11) is 1.46. The molecule has 2 aliphatic carbocycles. The molecule has 0 aromatic rings. The van der Waals surface area contributed by atoms with Gasteiger partial charge >= 0.3 is 5.97 Å². The number of carbonyl (C=O) groups is 1. The van der Waals surface area contributed by atoms with Crippen molar-refractivity contribution in [3.63, 3.8) is 0 Å². The zero-order valence-electron chi connectivity index (χ0n) is 7.90. The third-order valence-corrected chi connectivity index (χ3v) is 3.74. The number of fused-ring (bicyclic) bond motifs is 2. The van der Waals surface area contributed by atoms with E-state index in [2.05, 4.69) is 0 Å². The van der Waals surface area contributed by atoms with Crippen LogP contribution < -0.4 is 0 Å². The summed E-state index contributed by atoms with van der Waals surface area (Å²) in [5.74, 6) is 1.57. The molecule has 0 saturated heterocycles. The maximum absolute atomic E-state index is 11.3. The van der Waals surface area contributed by atoms with Gasteiger partial charge in [0.25, 0.3) is 0 Å². The molecule has 13 heavy (non-hydrogen) atoms. The summed E-state index contributed by atoms with van der Waals surface area (Å²) in [5, 5.41) is 9.05. The van der Waals surface area contributed by atoms with Crippen molar-refractivity contribution in [3.05, 3.63) is 0 Å². The van der Waals surface area contributed by atoms with Gasteiger partial charge in [0.05, 0.1) is 13.0 Å². The van der Waals surface area contributed by atoms with Crippen LogP contribution in [0.5, 0.6) is 0 Å². The highest BCUT2D eigenvalue weighted by Crippen LogP contribution is 2.51. The first-order valence-corrected chi connectivity index (χ1v) is 4.95. The Balaban J connectivity index is 1.99. The monoisotopic (exact) mass is 184 g/mol. The molecule has 0 aromatic heterocycles. The Labute approximate surface area is 78.1 Å². The number of aliphatic hydroxyl groups is 1. The molecular weight excluding hydrogens is 168 g/mol. The van der Waals surface area contributed by atoms with Crippen molar-refractivity contribution < 1.29 is 14.6 Å². The van der Waals surface area contributed by atoms with Crippen LogP contribution in [0.2, 0.25) is 0 Å². The van der Waals surface area contributed by atoms with Gasteiger partial charge in [0, 0.05) is 6.61 Å². The molecular formula is C10H16O3. The Morgan fingerprint density at radius 1 is 1.38 bits per heavy atom. The van der Waals surface area contributed by atoms with E-state index in [0.29, 0.717) is 17.8 Å². The highest BCUT2D eigenvalue weighted by Gasteiger charge is 2.48. The maximum Gasteiger partial charge on any atom is 0.308 e. The molecule has 0 radical (unpaired) electrons. The van der Waals surface area contributed by atoms with Crippen LogP contribution in [0.3, 0.4) is 0 Å². The van der Waals surface area contributed by atoms with Gasteiger partial charge in [0.15, 0.2) is 0 Å². The molecule has 2 saturated carbocycles. The fourth-order valence-electron chi connectivity index (χ4n) is 3.06. The highest BCUT2D eigenvalue weighted by molar-refractivity contribution is 5.73. The average molecular weight is 184 g/mol. The van der Waals surface area contributed by atoms with E-state index in [1.165, 1.54) is 7.11 Å². The van der Waals surface area contributed by atoms with E-state index in [1.807, 2.05) is 0 Å². The van der Waals surface area contributed by atoms with Gasteiger partial charge in [-0.3, -0.25) is 4.79 Å². The fourth-order valence-corrected chi connectivity index (χ4v) is 3.06. The van der Waals surface area contributed by atoms with Crippen LogP contribution in [0.4, 0.5) is 0 Å². The van der Waals surface area contributed by atoms with Gasteiger partial charge in [-0.25, -0.2) is 0 Å². The molecule has 0 amide bonds. The molecule has 0 spiro atoms. The molecule has 2 bridgehead atoms. The second-order valence-corrected chi connectivity index (χ2v) is 4.30. The van der Waals surface area contributed by atoms with E-state index in [-0.39, 0.29) is 18.5 Å². The first kappa shape index (κ1) is 9.00. The Morgan fingerprint density at radius 2 is 2.15 bits per heavy atom. The molecule has 0 aromatic carbocycles. The summed E-state index contributed by atoms with van der Waals surface area (Å²) in [6.07, 6.45) is 3.06. The number of methoxy groups -OCH3 is 1. The fraction of sp³-hybridized carbons (Fsp3) is 0.900. The largest absolute Gasteiger partial charge is 0.469 e. The minimum absolute atomic E-state index is 0.0520. The summed E-state index contributed by atoms with van der Waals surface area (Å²) < 4.78 is 4.75. The van der Waals surface area contributed by atoms with Crippen LogP contribution in [0.15, 0.2) is 0 Å². The minimum Gasteiger partial charge on any atom is -0.469 e. The second-order valence-electron chi connectivity index (χ2n) is 4.30. The van der Waals surface area contributed by atoms with Gasteiger partial charge in [0.1, 0.15) is 0 Å². The predicted octanol–water partition coefficient (Wildman–Crippen LogP) is 0.814. The number of esters is 1. The van der Waals surface area contributed by atoms with Crippen molar-refractivity contribution in [2.24, 2.45) is 23.7 Å². The lowest BCUT2D eigenvalue weighted by molar-refractivity contribution is -0.147. The van der Waals surface area contributed by atoms with Crippen LogP contribution in [-0.2, 0) is 9.53 Å². The standard InChI is InChI=1S/C10H16O3/c1-13-10(12)9-4-6-2-7(9)3-8(6)5-11/h6-9,11H,2-5H2,1H3. The van der Waals surface area contributed by atoms with E-state index >= 15 is 0 Å². The molecule has 0 heterocycles. The molecule has 74 valence electrons. The van der Waals surface area contributed by atoms with E-state index in [9.17, 15) is 4.79 Å². The zero-order chi connectivity index (χ0) is 9.42. The first-order chi connectivity index (χ1) is 6.26. The smallest absolute Gasteiger partial charge is 0.308 e. The summed E-state index contributed by atoms with van der Waals surface area (Å²) >= 11 is 0. The maximum atomic E-state index is 11.3. The molecule has 2 rings (SSSR count).